The Bertz CT molecular complexity index is 836. The van der Waals surface area contributed by atoms with Gasteiger partial charge in [0.15, 0.2) is 5.82 Å². The van der Waals surface area contributed by atoms with Crippen LogP contribution in [0.15, 0.2) is 0 Å². The van der Waals surface area contributed by atoms with Crippen LogP contribution in [-0.2, 0) is 27.9 Å². The van der Waals surface area contributed by atoms with Crippen LogP contribution in [-0.4, -0.2) is 63.2 Å². The van der Waals surface area contributed by atoms with Crippen LogP contribution in [0.1, 0.15) is 76.4 Å². The molecule has 3 heterocycles. The molecule has 0 bridgehead atoms. The fraction of sp³-hybridized carbons (Fsp3) is 0.850. The Hall–Kier alpha value is -1.48. The van der Waals surface area contributed by atoms with E-state index in [0.717, 1.165) is 31.0 Å². The Kier molecular flexibility index (Phi) is 5.97. The predicted octanol–water partition coefficient (Wildman–Crippen LogP) is 2.12. The summed E-state index contributed by atoms with van der Waals surface area (Å²) >= 11 is 0. The largest absolute Gasteiger partial charge is 0.333 e. The molecule has 1 amide bonds. The van der Waals surface area contributed by atoms with Crippen LogP contribution in [0.2, 0.25) is 0 Å². The molecular weight excluding hydrogens is 390 g/mol. The van der Waals surface area contributed by atoms with Gasteiger partial charge in [-0.3, -0.25) is 4.79 Å². The number of hydrogen-bond acceptors (Lipinski definition) is 5. The molecule has 8 nitrogen and oxygen atoms in total. The van der Waals surface area contributed by atoms with Gasteiger partial charge in [0.05, 0.1) is 11.8 Å². The highest BCUT2D eigenvalue weighted by Crippen LogP contribution is 2.31. The molecule has 0 radical (unpaired) electrons. The van der Waals surface area contributed by atoms with E-state index < -0.39 is 10.0 Å². The Morgan fingerprint density at radius 1 is 1.03 bits per heavy atom. The first-order valence-electron chi connectivity index (χ1n) is 11.0. The summed E-state index contributed by atoms with van der Waals surface area (Å²) in [4.78, 5) is 14.6. The number of hydrogen-bond donors (Lipinski definition) is 0. The van der Waals surface area contributed by atoms with Crippen molar-refractivity contribution >= 4 is 15.9 Å². The predicted molar refractivity (Wildman–Crippen MR) is 110 cm³/mol. The van der Waals surface area contributed by atoms with Gasteiger partial charge in [-0.1, -0.05) is 12.8 Å². The van der Waals surface area contributed by atoms with Crippen LogP contribution in [0, 0.1) is 5.92 Å². The molecule has 1 saturated heterocycles. The summed E-state index contributed by atoms with van der Waals surface area (Å²) in [6, 6.07) is 0. The van der Waals surface area contributed by atoms with Crippen LogP contribution in [0.5, 0.6) is 0 Å². The van der Waals surface area contributed by atoms with Crippen LogP contribution in [0.25, 0.3) is 0 Å². The molecule has 1 aliphatic carbocycles. The fourth-order valence-electron chi connectivity index (χ4n) is 4.95. The molecule has 2 aliphatic heterocycles. The van der Waals surface area contributed by atoms with Gasteiger partial charge in [0.25, 0.3) is 0 Å². The lowest BCUT2D eigenvalue weighted by atomic mass is 9.97. The first kappa shape index (κ1) is 20.8. The number of sulfonamides is 1. The van der Waals surface area contributed by atoms with Crippen LogP contribution < -0.4 is 0 Å². The SMILES string of the molecule is CC(C)S(=O)(=O)N1CCC(c2nnc3n2CCN(C(=O)CC2CCCC2)C3)CC1. The van der Waals surface area contributed by atoms with Crippen molar-refractivity contribution in [1.82, 2.24) is 24.0 Å². The molecule has 9 heteroatoms. The van der Waals surface area contributed by atoms with E-state index in [2.05, 4.69) is 14.8 Å². The molecular formula is C20H33N5O3S. The van der Waals surface area contributed by atoms with Gasteiger partial charge in [-0.05, 0) is 45.4 Å². The summed E-state index contributed by atoms with van der Waals surface area (Å²) in [6.07, 6.45) is 7.10. The van der Waals surface area contributed by atoms with Crippen molar-refractivity contribution < 1.29 is 13.2 Å². The number of carbonyl (C=O) groups excluding carboxylic acids is 1. The van der Waals surface area contributed by atoms with E-state index in [1.54, 1.807) is 18.2 Å². The minimum absolute atomic E-state index is 0.232. The number of rotatable bonds is 5. The molecule has 4 rings (SSSR count). The molecule has 0 aromatic carbocycles. The molecule has 3 aliphatic rings. The summed E-state index contributed by atoms with van der Waals surface area (Å²) in [5.41, 5.74) is 0. The van der Waals surface area contributed by atoms with E-state index in [0.29, 0.717) is 38.5 Å². The average molecular weight is 424 g/mol. The van der Waals surface area contributed by atoms with Crippen molar-refractivity contribution in [3.8, 4) is 0 Å². The molecule has 1 saturated carbocycles. The van der Waals surface area contributed by atoms with Crippen molar-refractivity contribution in [2.24, 2.45) is 5.92 Å². The monoisotopic (exact) mass is 423 g/mol. The maximum Gasteiger partial charge on any atom is 0.223 e. The van der Waals surface area contributed by atoms with Gasteiger partial charge in [0, 0.05) is 38.5 Å². The number of aromatic nitrogens is 3. The van der Waals surface area contributed by atoms with Gasteiger partial charge in [-0.25, -0.2) is 12.7 Å². The summed E-state index contributed by atoms with van der Waals surface area (Å²) < 4.78 is 28.6. The van der Waals surface area contributed by atoms with E-state index in [1.165, 1.54) is 25.7 Å². The molecule has 0 spiro atoms. The standard InChI is InChI=1S/C20H33N5O3S/c1-15(2)29(27,28)24-9-7-17(8-10-24)20-22-21-18-14-23(11-12-25(18)20)19(26)13-16-5-3-4-6-16/h15-17H,3-14H2,1-2H3. The minimum atomic E-state index is -3.19. The topological polar surface area (TPSA) is 88.4 Å². The molecule has 0 unspecified atom stereocenters. The molecule has 29 heavy (non-hydrogen) atoms. The summed E-state index contributed by atoms with van der Waals surface area (Å²) in [6.45, 7) is 6.53. The smallest absolute Gasteiger partial charge is 0.223 e. The zero-order valence-electron chi connectivity index (χ0n) is 17.6. The maximum absolute atomic E-state index is 12.7. The molecule has 1 aromatic heterocycles. The highest BCUT2D eigenvalue weighted by atomic mass is 32.2. The summed E-state index contributed by atoms with van der Waals surface area (Å²) in [7, 11) is -3.19. The lowest BCUT2D eigenvalue weighted by Gasteiger charge is -2.33. The fourth-order valence-corrected chi connectivity index (χ4v) is 6.27. The van der Waals surface area contributed by atoms with Crippen LogP contribution >= 0.6 is 0 Å². The normalized spacial score (nSPS) is 22.4. The van der Waals surface area contributed by atoms with Gasteiger partial charge in [-0.15, -0.1) is 10.2 Å². The first-order valence-corrected chi connectivity index (χ1v) is 12.5. The molecule has 1 aromatic rings. The third kappa shape index (κ3) is 4.21. The number of nitrogens with zero attached hydrogens (tertiary/aromatic N) is 5. The number of amides is 1. The molecule has 162 valence electrons. The maximum atomic E-state index is 12.7. The second-order valence-corrected chi connectivity index (χ2v) is 11.6. The van der Waals surface area contributed by atoms with Crippen molar-refractivity contribution in [1.29, 1.82) is 0 Å². The van der Waals surface area contributed by atoms with E-state index in [4.69, 9.17) is 0 Å². The van der Waals surface area contributed by atoms with Gasteiger partial charge in [0.2, 0.25) is 15.9 Å². The zero-order valence-corrected chi connectivity index (χ0v) is 18.4. The van der Waals surface area contributed by atoms with Crippen molar-refractivity contribution in [2.45, 2.75) is 83.1 Å². The first-order chi connectivity index (χ1) is 13.9. The second kappa shape index (κ2) is 8.34. The molecule has 0 atom stereocenters. The lowest BCUT2D eigenvalue weighted by molar-refractivity contribution is -0.133. The third-order valence-electron chi connectivity index (χ3n) is 6.85. The highest BCUT2D eigenvalue weighted by Gasteiger charge is 2.34. The Labute approximate surface area is 173 Å². The van der Waals surface area contributed by atoms with E-state index in [-0.39, 0.29) is 17.1 Å². The third-order valence-corrected chi connectivity index (χ3v) is 9.12. The van der Waals surface area contributed by atoms with Gasteiger partial charge in [0.1, 0.15) is 5.82 Å². The quantitative estimate of drug-likeness (QED) is 0.724. The van der Waals surface area contributed by atoms with Gasteiger partial charge < -0.3 is 9.47 Å². The van der Waals surface area contributed by atoms with E-state index in [9.17, 15) is 13.2 Å². The number of fused-ring (bicyclic) bond motifs is 1. The van der Waals surface area contributed by atoms with Crippen molar-refractivity contribution in [3.63, 3.8) is 0 Å². The summed E-state index contributed by atoms with van der Waals surface area (Å²) in [5.74, 6) is 2.87. The van der Waals surface area contributed by atoms with Crippen molar-refractivity contribution in [3.05, 3.63) is 11.6 Å². The highest BCUT2D eigenvalue weighted by molar-refractivity contribution is 7.89. The lowest BCUT2D eigenvalue weighted by Crippen LogP contribution is -2.42. The second-order valence-electron chi connectivity index (χ2n) is 9.06. The van der Waals surface area contributed by atoms with E-state index in [1.807, 2.05) is 4.90 Å². The Morgan fingerprint density at radius 3 is 2.38 bits per heavy atom. The Morgan fingerprint density at radius 2 is 1.72 bits per heavy atom. The van der Waals surface area contributed by atoms with Crippen molar-refractivity contribution in [2.75, 3.05) is 19.6 Å². The number of carbonyl (C=O) groups is 1. The molecule has 2 fully saturated rings. The van der Waals surface area contributed by atoms with E-state index >= 15 is 0 Å². The zero-order chi connectivity index (χ0) is 20.6. The number of piperidine rings is 1. The Balaban J connectivity index is 1.37. The summed E-state index contributed by atoms with van der Waals surface area (Å²) in [5, 5.41) is 8.45. The van der Waals surface area contributed by atoms with Crippen LogP contribution in [0.4, 0.5) is 0 Å². The van der Waals surface area contributed by atoms with Gasteiger partial charge in [-0.2, -0.15) is 0 Å². The van der Waals surface area contributed by atoms with Crippen LogP contribution in [0.3, 0.4) is 0 Å². The average Bonchev–Trinajstić information content (AvgIpc) is 3.37. The minimum Gasteiger partial charge on any atom is -0.333 e. The van der Waals surface area contributed by atoms with Gasteiger partial charge >= 0.3 is 0 Å². The molecule has 0 N–H and O–H groups in total.